The third-order valence-electron chi connectivity index (χ3n) is 1.66. The first kappa shape index (κ1) is 13.4. The van der Waals surface area contributed by atoms with Crippen LogP contribution in [0.3, 0.4) is 0 Å². The van der Waals surface area contributed by atoms with E-state index in [0.29, 0.717) is 6.42 Å². The Morgan fingerprint density at radius 3 is 2.29 bits per heavy atom. The van der Waals surface area contributed by atoms with Crippen molar-refractivity contribution in [1.29, 1.82) is 5.41 Å². The van der Waals surface area contributed by atoms with Gasteiger partial charge in [0, 0.05) is 0 Å². The molecule has 6 heteroatoms. The van der Waals surface area contributed by atoms with E-state index in [4.69, 9.17) is 11.1 Å². The second-order valence-electron chi connectivity index (χ2n) is 3.71. The van der Waals surface area contributed by atoms with Gasteiger partial charge >= 0.3 is 0 Å². The third-order valence-corrected chi connectivity index (χ3v) is 3.41. The number of sulfonamides is 1. The number of nitrogens with one attached hydrogen (secondary N) is 2. The summed E-state index contributed by atoms with van der Waals surface area (Å²) < 4.78 is 25.3. The van der Waals surface area contributed by atoms with Crippen LogP contribution in [0.15, 0.2) is 0 Å². The SMILES string of the molecule is CCC(NS(=O)(=O)CC(C)C)C(=N)N. The molecule has 0 fully saturated rings. The summed E-state index contributed by atoms with van der Waals surface area (Å²) in [6.45, 7) is 5.44. The van der Waals surface area contributed by atoms with Crippen molar-refractivity contribution in [2.24, 2.45) is 11.7 Å². The summed E-state index contributed by atoms with van der Waals surface area (Å²) >= 11 is 0. The summed E-state index contributed by atoms with van der Waals surface area (Å²) in [6.07, 6.45) is 0.493. The quantitative estimate of drug-likeness (QED) is 0.444. The van der Waals surface area contributed by atoms with Crippen molar-refractivity contribution in [3.05, 3.63) is 0 Å². The molecule has 0 aliphatic rings. The van der Waals surface area contributed by atoms with Gasteiger partial charge in [-0.1, -0.05) is 20.8 Å². The van der Waals surface area contributed by atoms with Crippen LogP contribution in [-0.4, -0.2) is 26.0 Å². The summed E-state index contributed by atoms with van der Waals surface area (Å²) in [4.78, 5) is 0. The van der Waals surface area contributed by atoms with Crippen molar-refractivity contribution in [2.75, 3.05) is 5.75 Å². The maximum absolute atomic E-state index is 11.5. The van der Waals surface area contributed by atoms with Gasteiger partial charge in [-0.2, -0.15) is 0 Å². The zero-order valence-electron chi connectivity index (χ0n) is 8.87. The third kappa shape index (κ3) is 5.18. The zero-order valence-corrected chi connectivity index (χ0v) is 9.69. The van der Waals surface area contributed by atoms with E-state index < -0.39 is 16.1 Å². The molecular weight excluding hydrogens is 202 g/mol. The van der Waals surface area contributed by atoms with E-state index in [1.165, 1.54) is 0 Å². The molecule has 1 unspecified atom stereocenters. The number of nitrogens with two attached hydrogens (primary N) is 1. The van der Waals surface area contributed by atoms with Gasteiger partial charge in [-0.3, -0.25) is 5.41 Å². The smallest absolute Gasteiger partial charge is 0.212 e. The first-order chi connectivity index (χ1) is 6.28. The highest BCUT2D eigenvalue weighted by molar-refractivity contribution is 7.89. The molecule has 0 aliphatic heterocycles. The predicted molar refractivity (Wildman–Crippen MR) is 57.8 cm³/mol. The van der Waals surface area contributed by atoms with Gasteiger partial charge in [0.25, 0.3) is 0 Å². The Morgan fingerprint density at radius 1 is 1.50 bits per heavy atom. The second kappa shape index (κ2) is 5.31. The second-order valence-corrected chi connectivity index (χ2v) is 5.51. The van der Waals surface area contributed by atoms with Crippen LogP contribution in [0, 0.1) is 11.3 Å². The highest BCUT2D eigenvalue weighted by Gasteiger charge is 2.19. The van der Waals surface area contributed by atoms with Crippen LogP contribution < -0.4 is 10.5 Å². The summed E-state index contributed by atoms with van der Waals surface area (Å²) in [5.74, 6) is -0.00616. The molecule has 0 amide bonds. The van der Waals surface area contributed by atoms with Crippen LogP contribution in [0.2, 0.25) is 0 Å². The van der Waals surface area contributed by atoms with E-state index >= 15 is 0 Å². The van der Waals surface area contributed by atoms with Crippen LogP contribution in [0.4, 0.5) is 0 Å². The van der Waals surface area contributed by atoms with Gasteiger partial charge < -0.3 is 5.73 Å². The highest BCUT2D eigenvalue weighted by Crippen LogP contribution is 2.00. The fraction of sp³-hybridized carbons (Fsp3) is 0.875. The first-order valence-corrected chi connectivity index (χ1v) is 6.27. The summed E-state index contributed by atoms with van der Waals surface area (Å²) in [5.41, 5.74) is 5.24. The van der Waals surface area contributed by atoms with Crippen LogP contribution in [-0.2, 0) is 10.0 Å². The largest absolute Gasteiger partial charge is 0.386 e. The van der Waals surface area contributed by atoms with Crippen LogP contribution >= 0.6 is 0 Å². The van der Waals surface area contributed by atoms with Crippen LogP contribution in [0.25, 0.3) is 0 Å². The van der Waals surface area contributed by atoms with Gasteiger partial charge in [-0.05, 0) is 12.3 Å². The van der Waals surface area contributed by atoms with E-state index in [9.17, 15) is 8.42 Å². The van der Waals surface area contributed by atoms with Crippen molar-refractivity contribution in [3.8, 4) is 0 Å². The lowest BCUT2D eigenvalue weighted by Crippen LogP contribution is -2.44. The molecule has 5 nitrogen and oxygen atoms in total. The summed E-state index contributed by atoms with van der Waals surface area (Å²) in [7, 11) is -3.31. The number of hydrogen-bond acceptors (Lipinski definition) is 3. The average Bonchev–Trinajstić information content (AvgIpc) is 1.97. The number of hydrogen-bond donors (Lipinski definition) is 3. The summed E-state index contributed by atoms with van der Waals surface area (Å²) in [5, 5.41) is 7.16. The molecule has 1 atom stereocenters. The lowest BCUT2D eigenvalue weighted by molar-refractivity contribution is 0.558. The molecular formula is C8H19N3O2S. The van der Waals surface area contributed by atoms with E-state index in [-0.39, 0.29) is 17.5 Å². The normalized spacial score (nSPS) is 14.3. The Balaban J connectivity index is 4.41. The molecule has 84 valence electrons. The minimum absolute atomic E-state index is 0.0662. The molecule has 0 radical (unpaired) electrons. The van der Waals surface area contributed by atoms with Gasteiger partial charge in [0.2, 0.25) is 10.0 Å². The predicted octanol–water partition coefficient (Wildman–Crippen LogP) is 0.276. The van der Waals surface area contributed by atoms with Crippen molar-refractivity contribution in [2.45, 2.75) is 33.2 Å². The number of amidine groups is 1. The maximum atomic E-state index is 11.5. The average molecular weight is 221 g/mol. The maximum Gasteiger partial charge on any atom is 0.212 e. The molecule has 0 heterocycles. The minimum Gasteiger partial charge on any atom is -0.386 e. The molecule has 14 heavy (non-hydrogen) atoms. The molecule has 0 bridgehead atoms. The van der Waals surface area contributed by atoms with Crippen molar-refractivity contribution >= 4 is 15.9 Å². The molecule has 0 aliphatic carbocycles. The molecule has 0 spiro atoms. The van der Waals surface area contributed by atoms with E-state index in [1.54, 1.807) is 6.92 Å². The molecule has 4 N–H and O–H groups in total. The van der Waals surface area contributed by atoms with Gasteiger partial charge in [-0.25, -0.2) is 13.1 Å². The lowest BCUT2D eigenvalue weighted by Gasteiger charge is -2.16. The molecule has 0 aromatic heterocycles. The highest BCUT2D eigenvalue weighted by atomic mass is 32.2. The Kier molecular flexibility index (Phi) is 5.07. The minimum atomic E-state index is -3.31. The fourth-order valence-corrected chi connectivity index (χ4v) is 2.77. The van der Waals surface area contributed by atoms with Gasteiger partial charge in [-0.15, -0.1) is 0 Å². The molecule has 0 saturated heterocycles. The van der Waals surface area contributed by atoms with Gasteiger partial charge in [0.1, 0.15) is 5.84 Å². The van der Waals surface area contributed by atoms with E-state index in [0.717, 1.165) is 0 Å². The Bertz CT molecular complexity index is 285. The first-order valence-electron chi connectivity index (χ1n) is 4.62. The molecule has 0 rings (SSSR count). The van der Waals surface area contributed by atoms with E-state index in [2.05, 4.69) is 4.72 Å². The Hall–Kier alpha value is -0.620. The van der Waals surface area contributed by atoms with Crippen LogP contribution in [0.1, 0.15) is 27.2 Å². The van der Waals surface area contributed by atoms with Crippen molar-refractivity contribution in [1.82, 2.24) is 4.72 Å². The van der Waals surface area contributed by atoms with Crippen molar-refractivity contribution < 1.29 is 8.42 Å². The van der Waals surface area contributed by atoms with E-state index in [1.807, 2.05) is 13.8 Å². The molecule has 0 saturated carbocycles. The van der Waals surface area contributed by atoms with Gasteiger partial charge in [0.15, 0.2) is 0 Å². The molecule has 0 aromatic carbocycles. The summed E-state index contributed by atoms with van der Waals surface area (Å²) in [6, 6.07) is -0.571. The zero-order chi connectivity index (χ0) is 11.4. The Morgan fingerprint density at radius 2 is 2.00 bits per heavy atom. The van der Waals surface area contributed by atoms with Crippen molar-refractivity contribution in [3.63, 3.8) is 0 Å². The number of rotatable bonds is 6. The topological polar surface area (TPSA) is 96.0 Å². The van der Waals surface area contributed by atoms with Gasteiger partial charge in [0.05, 0.1) is 11.8 Å². The lowest BCUT2D eigenvalue weighted by atomic mass is 10.2. The fourth-order valence-electron chi connectivity index (χ4n) is 1.07. The molecule has 0 aromatic rings. The Labute approximate surface area is 85.6 Å². The van der Waals surface area contributed by atoms with Crippen LogP contribution in [0.5, 0.6) is 0 Å². The standard InChI is InChI=1S/C8H19N3O2S/c1-4-7(8(9)10)11-14(12,13)5-6(2)3/h6-7,11H,4-5H2,1-3H3,(H3,9,10). The monoisotopic (exact) mass is 221 g/mol.